The van der Waals surface area contributed by atoms with Crippen molar-refractivity contribution >= 4 is 32.7 Å². The Bertz CT molecular complexity index is 1210. The number of benzene rings is 3. The van der Waals surface area contributed by atoms with Crippen LogP contribution in [0.4, 0.5) is 4.39 Å². The van der Waals surface area contributed by atoms with E-state index in [1.165, 1.54) is 30.1 Å². The van der Waals surface area contributed by atoms with Crippen molar-refractivity contribution < 1.29 is 27.1 Å². The number of hydrogen-bond donors (Lipinski definition) is 1. The van der Waals surface area contributed by atoms with Gasteiger partial charge in [0.15, 0.2) is 6.61 Å². The van der Waals surface area contributed by atoms with Crippen molar-refractivity contribution in [3.05, 3.63) is 78.1 Å². The highest BCUT2D eigenvalue weighted by Gasteiger charge is 2.16. The summed E-state index contributed by atoms with van der Waals surface area (Å²) in [5, 5.41) is 1.71. The van der Waals surface area contributed by atoms with Gasteiger partial charge in [-0.3, -0.25) is 9.59 Å². The van der Waals surface area contributed by atoms with Gasteiger partial charge in [-0.2, -0.15) is 0 Å². The molecular weight excluding hydrogens is 435 g/mol. The highest BCUT2D eigenvalue weighted by Crippen LogP contribution is 2.18. The van der Waals surface area contributed by atoms with Crippen LogP contribution in [0.15, 0.2) is 71.6 Å². The maximum Gasteiger partial charge on any atom is 0.307 e. The molecule has 0 bridgehead atoms. The van der Waals surface area contributed by atoms with E-state index < -0.39 is 28.5 Å². The van der Waals surface area contributed by atoms with Crippen LogP contribution < -0.4 is 4.72 Å². The van der Waals surface area contributed by atoms with E-state index in [1.807, 2.05) is 24.3 Å². The Labute approximate surface area is 185 Å². The molecule has 7 nitrogen and oxygen atoms in total. The Kier molecular flexibility index (Phi) is 7.55. The topological polar surface area (TPSA) is 92.8 Å². The summed E-state index contributed by atoms with van der Waals surface area (Å²) in [7, 11) is -2.25. The van der Waals surface area contributed by atoms with E-state index in [0.717, 1.165) is 16.3 Å². The van der Waals surface area contributed by atoms with Crippen LogP contribution in [0.25, 0.3) is 10.8 Å². The van der Waals surface area contributed by atoms with Gasteiger partial charge in [0.25, 0.3) is 5.91 Å². The predicted octanol–water partition coefficient (Wildman–Crippen LogP) is 2.85. The Morgan fingerprint density at radius 2 is 1.69 bits per heavy atom. The fourth-order valence-corrected chi connectivity index (χ4v) is 4.05. The summed E-state index contributed by atoms with van der Waals surface area (Å²) >= 11 is 0. The lowest BCUT2D eigenvalue weighted by atomic mass is 10.1. The quantitative estimate of drug-likeness (QED) is 0.498. The highest BCUT2D eigenvalue weighted by atomic mass is 32.2. The lowest BCUT2D eigenvalue weighted by molar-refractivity contribution is -0.151. The third-order valence-corrected chi connectivity index (χ3v) is 6.23. The van der Waals surface area contributed by atoms with Gasteiger partial charge in [-0.1, -0.05) is 42.5 Å². The van der Waals surface area contributed by atoms with E-state index in [9.17, 15) is 22.4 Å². The van der Waals surface area contributed by atoms with Gasteiger partial charge in [-0.05, 0) is 40.6 Å². The number of nitrogens with one attached hydrogen (secondary N) is 1. The summed E-state index contributed by atoms with van der Waals surface area (Å²) in [6, 6.07) is 17.9. The summed E-state index contributed by atoms with van der Waals surface area (Å²) in [4.78, 5) is 25.5. The number of fused-ring (bicyclic) bond motifs is 1. The summed E-state index contributed by atoms with van der Waals surface area (Å²) in [5.74, 6) is -1.50. The van der Waals surface area contributed by atoms with Gasteiger partial charge in [0.2, 0.25) is 10.0 Å². The molecule has 0 fully saturated rings. The number of ether oxygens (including phenoxy) is 1. The maximum absolute atomic E-state index is 12.9. The largest absolute Gasteiger partial charge is 0.456 e. The van der Waals surface area contributed by atoms with E-state index in [1.54, 1.807) is 24.3 Å². The van der Waals surface area contributed by atoms with Gasteiger partial charge in [0, 0.05) is 20.1 Å². The lowest BCUT2D eigenvalue weighted by Crippen LogP contribution is -2.31. The van der Waals surface area contributed by atoms with Gasteiger partial charge in [-0.25, -0.2) is 17.5 Å². The number of likely N-dealkylation sites (N-methyl/N-ethyl adjacent to an activating group) is 1. The minimum absolute atomic E-state index is 0.0992. The second-order valence-corrected chi connectivity index (χ2v) is 8.96. The van der Waals surface area contributed by atoms with Crippen molar-refractivity contribution in [2.45, 2.75) is 17.9 Å². The number of hydrogen-bond acceptors (Lipinski definition) is 5. The van der Waals surface area contributed by atoms with E-state index in [-0.39, 0.29) is 30.2 Å². The molecule has 168 valence electrons. The van der Waals surface area contributed by atoms with Crippen molar-refractivity contribution in [3.8, 4) is 0 Å². The zero-order valence-electron chi connectivity index (χ0n) is 17.5. The zero-order chi connectivity index (χ0) is 23.1. The second kappa shape index (κ2) is 10.3. The molecule has 3 aromatic carbocycles. The number of carbonyl (C=O) groups is 2. The fourth-order valence-electron chi connectivity index (χ4n) is 2.98. The molecule has 0 aliphatic heterocycles. The molecule has 0 unspecified atom stereocenters. The van der Waals surface area contributed by atoms with Crippen molar-refractivity contribution in [1.82, 2.24) is 9.62 Å². The summed E-state index contributed by atoms with van der Waals surface area (Å²) in [6.45, 7) is -0.385. The molecule has 0 saturated carbocycles. The smallest absolute Gasteiger partial charge is 0.307 e. The Morgan fingerprint density at radius 1 is 1.00 bits per heavy atom. The first-order valence-corrected chi connectivity index (χ1v) is 11.4. The molecule has 0 atom stereocenters. The molecule has 3 rings (SSSR count). The highest BCUT2D eigenvalue weighted by molar-refractivity contribution is 7.89. The number of carbonyl (C=O) groups excluding carboxylic acids is 2. The standard InChI is InChI=1S/C23H23FN2O5S/c1-26(15-17-6-9-20(24)10-7-17)22(27)16-31-23(28)12-13-25-32(29,30)21-11-8-18-4-2-3-5-19(18)14-21/h2-11,14,25H,12-13,15-16H2,1H3. The van der Waals surface area contributed by atoms with Crippen molar-refractivity contribution in [3.63, 3.8) is 0 Å². The Balaban J connectivity index is 1.43. The number of nitrogens with zero attached hydrogens (tertiary/aromatic N) is 1. The molecule has 3 aromatic rings. The minimum Gasteiger partial charge on any atom is -0.456 e. The van der Waals surface area contributed by atoms with Crippen LogP contribution in [0.2, 0.25) is 0 Å². The van der Waals surface area contributed by atoms with E-state index >= 15 is 0 Å². The van der Waals surface area contributed by atoms with Gasteiger partial charge in [0.1, 0.15) is 5.82 Å². The SMILES string of the molecule is CN(Cc1ccc(F)cc1)C(=O)COC(=O)CCNS(=O)(=O)c1ccc2ccccc2c1. The predicted molar refractivity (Wildman–Crippen MR) is 118 cm³/mol. The normalized spacial score (nSPS) is 11.3. The number of sulfonamides is 1. The summed E-state index contributed by atoms with van der Waals surface area (Å²) < 4.78 is 45.2. The average Bonchev–Trinajstić information content (AvgIpc) is 2.78. The van der Waals surface area contributed by atoms with Crippen LogP contribution >= 0.6 is 0 Å². The third kappa shape index (κ3) is 6.35. The van der Waals surface area contributed by atoms with Crippen molar-refractivity contribution in [2.75, 3.05) is 20.2 Å². The first kappa shape index (κ1) is 23.4. The van der Waals surface area contributed by atoms with Crippen molar-refractivity contribution in [2.24, 2.45) is 0 Å². The summed E-state index contributed by atoms with van der Waals surface area (Å²) in [5.41, 5.74) is 0.733. The van der Waals surface area contributed by atoms with Gasteiger partial charge in [-0.15, -0.1) is 0 Å². The molecule has 0 aliphatic rings. The van der Waals surface area contributed by atoms with Crippen LogP contribution in [0.1, 0.15) is 12.0 Å². The maximum atomic E-state index is 12.9. The number of esters is 1. The Morgan fingerprint density at radius 3 is 2.41 bits per heavy atom. The molecule has 0 saturated heterocycles. The average molecular weight is 459 g/mol. The number of rotatable bonds is 9. The van der Waals surface area contributed by atoms with E-state index in [0.29, 0.717) is 0 Å². The molecule has 32 heavy (non-hydrogen) atoms. The minimum atomic E-state index is -3.79. The monoisotopic (exact) mass is 458 g/mol. The molecule has 0 aromatic heterocycles. The number of amides is 1. The fraction of sp³-hybridized carbons (Fsp3) is 0.217. The van der Waals surface area contributed by atoms with Gasteiger partial charge < -0.3 is 9.64 Å². The molecule has 0 aliphatic carbocycles. The lowest BCUT2D eigenvalue weighted by Gasteiger charge is -2.17. The molecule has 0 heterocycles. The second-order valence-electron chi connectivity index (χ2n) is 7.19. The molecular formula is C23H23FN2O5S. The van der Waals surface area contributed by atoms with Crippen LogP contribution in [0.5, 0.6) is 0 Å². The van der Waals surface area contributed by atoms with Crippen LogP contribution in [-0.2, 0) is 30.9 Å². The molecule has 0 radical (unpaired) electrons. The molecule has 1 amide bonds. The van der Waals surface area contributed by atoms with Crippen LogP contribution in [0.3, 0.4) is 0 Å². The molecule has 1 N–H and O–H groups in total. The molecule has 9 heteroatoms. The molecule has 0 spiro atoms. The van der Waals surface area contributed by atoms with Crippen LogP contribution in [0, 0.1) is 5.82 Å². The summed E-state index contributed by atoms with van der Waals surface area (Å²) in [6.07, 6.45) is -0.220. The van der Waals surface area contributed by atoms with Crippen LogP contribution in [-0.4, -0.2) is 45.4 Å². The van der Waals surface area contributed by atoms with E-state index in [2.05, 4.69) is 4.72 Å². The van der Waals surface area contributed by atoms with Crippen molar-refractivity contribution in [1.29, 1.82) is 0 Å². The Hall–Kier alpha value is -3.30. The van der Waals surface area contributed by atoms with Gasteiger partial charge >= 0.3 is 5.97 Å². The van der Waals surface area contributed by atoms with Gasteiger partial charge in [0.05, 0.1) is 11.3 Å². The van der Waals surface area contributed by atoms with E-state index in [4.69, 9.17) is 4.74 Å². The first-order chi connectivity index (χ1) is 15.2. The number of halogens is 1. The third-order valence-electron chi connectivity index (χ3n) is 4.77. The zero-order valence-corrected chi connectivity index (χ0v) is 18.3. The first-order valence-electron chi connectivity index (χ1n) is 9.87.